The van der Waals surface area contributed by atoms with E-state index in [4.69, 9.17) is 0 Å². The number of rotatable bonds is 5. The van der Waals surface area contributed by atoms with E-state index in [1.165, 1.54) is 18.2 Å². The number of aromatic nitrogens is 2. The van der Waals surface area contributed by atoms with Crippen LogP contribution in [0, 0.1) is 5.82 Å². The van der Waals surface area contributed by atoms with Gasteiger partial charge >= 0.3 is 6.18 Å². The Kier molecular flexibility index (Phi) is 5.14. The number of benzene rings is 2. The average molecular weight is 393 g/mol. The van der Waals surface area contributed by atoms with Gasteiger partial charge in [-0.05, 0) is 23.8 Å². The van der Waals surface area contributed by atoms with Crippen LogP contribution in [-0.4, -0.2) is 22.0 Å². The van der Waals surface area contributed by atoms with Crippen molar-refractivity contribution in [1.29, 1.82) is 0 Å². The Morgan fingerprint density at radius 1 is 1.07 bits per heavy atom. The van der Waals surface area contributed by atoms with Gasteiger partial charge in [-0.15, -0.1) is 0 Å². The number of halogens is 4. The largest absolute Gasteiger partial charge is 0.449 e. The smallest absolute Gasteiger partial charge is 0.354 e. The summed E-state index contributed by atoms with van der Waals surface area (Å²) in [6.07, 6.45) is -4.69. The molecule has 1 amide bonds. The van der Waals surface area contributed by atoms with Crippen molar-refractivity contribution in [3.8, 4) is 0 Å². The molecule has 1 aromatic heterocycles. The highest BCUT2D eigenvalue weighted by atomic mass is 19.4. The maximum absolute atomic E-state index is 14.0. The summed E-state index contributed by atoms with van der Waals surface area (Å²) in [5.74, 6) is -2.14. The molecule has 0 unspecified atom stereocenters. The summed E-state index contributed by atoms with van der Waals surface area (Å²) in [7, 11) is 0. The number of hydrogen-bond acceptors (Lipinski definition) is 2. The monoisotopic (exact) mass is 393 g/mol. The van der Waals surface area contributed by atoms with Gasteiger partial charge in [0.05, 0.1) is 11.0 Å². The summed E-state index contributed by atoms with van der Waals surface area (Å²) in [5, 5.41) is 2.61. The van der Waals surface area contributed by atoms with Crippen LogP contribution in [0.3, 0.4) is 0 Å². The van der Waals surface area contributed by atoms with Crippen molar-refractivity contribution in [2.45, 2.75) is 32.0 Å². The third-order valence-corrected chi connectivity index (χ3v) is 4.54. The first kappa shape index (κ1) is 19.9. The molecule has 4 nitrogen and oxygen atoms in total. The molecule has 0 aliphatic heterocycles. The Morgan fingerprint density at radius 3 is 2.39 bits per heavy atom. The molecule has 0 spiro atoms. The fourth-order valence-corrected chi connectivity index (χ4v) is 3.08. The molecule has 0 bridgehead atoms. The zero-order valence-electron chi connectivity index (χ0n) is 15.3. The summed E-state index contributed by atoms with van der Waals surface area (Å²) in [6, 6.07) is 12.3. The molecule has 148 valence electrons. The molecule has 0 saturated carbocycles. The minimum atomic E-state index is -4.69. The Hall–Kier alpha value is -2.90. The molecular weight excluding hydrogens is 374 g/mol. The second kappa shape index (κ2) is 7.26. The Labute approximate surface area is 159 Å². The van der Waals surface area contributed by atoms with E-state index in [2.05, 4.69) is 10.3 Å². The highest BCUT2D eigenvalue weighted by Crippen LogP contribution is 2.31. The second-order valence-electron chi connectivity index (χ2n) is 7.15. The summed E-state index contributed by atoms with van der Waals surface area (Å²) in [5.41, 5.74) is 0.0669. The quantitative estimate of drug-likeness (QED) is 0.658. The van der Waals surface area contributed by atoms with Crippen LogP contribution in [-0.2, 0) is 22.9 Å². The second-order valence-corrected chi connectivity index (χ2v) is 7.15. The predicted molar refractivity (Wildman–Crippen MR) is 97.2 cm³/mol. The minimum Gasteiger partial charge on any atom is -0.354 e. The number of alkyl halides is 3. The van der Waals surface area contributed by atoms with Gasteiger partial charge in [-0.25, -0.2) is 9.37 Å². The van der Waals surface area contributed by atoms with Crippen molar-refractivity contribution in [3.63, 3.8) is 0 Å². The van der Waals surface area contributed by atoms with E-state index in [0.29, 0.717) is 5.56 Å². The number of fused-ring (bicyclic) bond motifs is 1. The van der Waals surface area contributed by atoms with Gasteiger partial charge in [-0.2, -0.15) is 13.2 Å². The van der Waals surface area contributed by atoms with E-state index in [0.717, 1.165) is 4.57 Å². The number of imidazole rings is 1. The van der Waals surface area contributed by atoms with Gasteiger partial charge in [0, 0.05) is 12.0 Å². The van der Waals surface area contributed by atoms with Crippen molar-refractivity contribution < 1.29 is 22.4 Å². The highest BCUT2D eigenvalue weighted by Gasteiger charge is 2.38. The average Bonchev–Trinajstić information content (AvgIpc) is 2.99. The van der Waals surface area contributed by atoms with Gasteiger partial charge in [0.15, 0.2) is 0 Å². The lowest BCUT2D eigenvalue weighted by Gasteiger charge is -2.26. The third kappa shape index (κ3) is 4.00. The van der Waals surface area contributed by atoms with E-state index < -0.39 is 35.7 Å². The van der Waals surface area contributed by atoms with Crippen molar-refractivity contribution in [2.75, 3.05) is 6.54 Å². The SMILES string of the molecule is CC(C)(CNC(=O)Cn1c(C(F)(F)F)nc2ccccc21)c1ccccc1F. The molecule has 3 rings (SSSR count). The van der Waals surface area contributed by atoms with Crippen LogP contribution in [0.25, 0.3) is 11.0 Å². The Balaban J connectivity index is 1.80. The van der Waals surface area contributed by atoms with Gasteiger partial charge in [0.2, 0.25) is 11.7 Å². The molecule has 0 aliphatic carbocycles. The molecule has 3 aromatic rings. The van der Waals surface area contributed by atoms with Crippen LogP contribution >= 0.6 is 0 Å². The van der Waals surface area contributed by atoms with Gasteiger partial charge in [-0.3, -0.25) is 4.79 Å². The van der Waals surface area contributed by atoms with Crippen LogP contribution in [0.1, 0.15) is 25.2 Å². The number of hydrogen-bond donors (Lipinski definition) is 1. The minimum absolute atomic E-state index is 0.0702. The molecular formula is C20H19F4N3O. The maximum atomic E-state index is 14.0. The van der Waals surface area contributed by atoms with Crippen molar-refractivity contribution in [1.82, 2.24) is 14.9 Å². The molecule has 1 heterocycles. The van der Waals surface area contributed by atoms with Gasteiger partial charge in [-0.1, -0.05) is 44.2 Å². The van der Waals surface area contributed by atoms with E-state index in [9.17, 15) is 22.4 Å². The standard InChI is InChI=1S/C20H19F4N3O/c1-19(2,13-7-3-4-8-14(13)21)12-25-17(28)11-27-16-10-6-5-9-15(16)26-18(27)20(22,23)24/h3-10H,11-12H2,1-2H3,(H,25,28). The van der Waals surface area contributed by atoms with Crippen molar-refractivity contribution >= 4 is 16.9 Å². The summed E-state index contributed by atoms with van der Waals surface area (Å²) >= 11 is 0. The van der Waals surface area contributed by atoms with Crippen LogP contribution in [0.5, 0.6) is 0 Å². The van der Waals surface area contributed by atoms with E-state index in [1.807, 2.05) is 0 Å². The molecule has 0 fully saturated rings. The first-order valence-corrected chi connectivity index (χ1v) is 8.64. The number of carbonyl (C=O) groups is 1. The fourth-order valence-electron chi connectivity index (χ4n) is 3.08. The maximum Gasteiger partial charge on any atom is 0.449 e. The summed E-state index contributed by atoms with van der Waals surface area (Å²) in [4.78, 5) is 16.0. The molecule has 2 aromatic carbocycles. The molecule has 0 saturated heterocycles. The zero-order valence-corrected chi connectivity index (χ0v) is 15.3. The number of nitrogens with one attached hydrogen (secondary N) is 1. The lowest BCUT2D eigenvalue weighted by atomic mass is 9.84. The number of para-hydroxylation sites is 2. The van der Waals surface area contributed by atoms with Crippen molar-refractivity contribution in [3.05, 3.63) is 65.7 Å². The van der Waals surface area contributed by atoms with Gasteiger partial charge in [0.25, 0.3) is 0 Å². The topological polar surface area (TPSA) is 46.9 Å². The summed E-state index contributed by atoms with van der Waals surface area (Å²) in [6.45, 7) is 3.03. The lowest BCUT2D eigenvalue weighted by Crippen LogP contribution is -2.39. The van der Waals surface area contributed by atoms with Gasteiger partial charge in [0.1, 0.15) is 12.4 Å². The van der Waals surface area contributed by atoms with Gasteiger partial charge < -0.3 is 9.88 Å². The van der Waals surface area contributed by atoms with E-state index >= 15 is 0 Å². The summed E-state index contributed by atoms with van der Waals surface area (Å²) < 4.78 is 54.8. The van der Waals surface area contributed by atoms with E-state index in [-0.39, 0.29) is 17.6 Å². The molecule has 0 radical (unpaired) electrons. The fraction of sp³-hybridized carbons (Fsp3) is 0.300. The first-order chi connectivity index (χ1) is 13.1. The normalized spacial score (nSPS) is 12.4. The van der Waals surface area contributed by atoms with Crippen LogP contribution < -0.4 is 5.32 Å². The van der Waals surface area contributed by atoms with E-state index in [1.54, 1.807) is 44.2 Å². The highest BCUT2D eigenvalue weighted by molar-refractivity contribution is 5.81. The number of amides is 1. The molecule has 0 atom stereocenters. The van der Waals surface area contributed by atoms with Crippen molar-refractivity contribution in [2.24, 2.45) is 0 Å². The Morgan fingerprint density at radius 2 is 1.71 bits per heavy atom. The van der Waals surface area contributed by atoms with Crippen LogP contribution in [0.15, 0.2) is 48.5 Å². The third-order valence-electron chi connectivity index (χ3n) is 4.54. The number of carbonyl (C=O) groups excluding carboxylic acids is 1. The number of nitrogens with zero attached hydrogens (tertiary/aromatic N) is 2. The van der Waals surface area contributed by atoms with Crippen LogP contribution in [0.2, 0.25) is 0 Å². The first-order valence-electron chi connectivity index (χ1n) is 8.64. The van der Waals surface area contributed by atoms with Crippen LogP contribution in [0.4, 0.5) is 17.6 Å². The zero-order chi connectivity index (χ0) is 20.5. The Bertz CT molecular complexity index is 1010. The molecule has 8 heteroatoms. The molecule has 28 heavy (non-hydrogen) atoms. The molecule has 1 N–H and O–H groups in total. The molecule has 0 aliphatic rings. The predicted octanol–water partition coefficient (Wildman–Crippen LogP) is 4.29. The lowest BCUT2D eigenvalue weighted by molar-refractivity contribution is -0.147.